The van der Waals surface area contributed by atoms with Crippen LogP contribution in [0.3, 0.4) is 0 Å². The van der Waals surface area contributed by atoms with Crippen molar-refractivity contribution in [2.45, 2.75) is 24.1 Å². The minimum atomic E-state index is -3.60. The smallest absolute Gasteiger partial charge is 0.250 e. The van der Waals surface area contributed by atoms with E-state index in [0.29, 0.717) is 16.4 Å². The molecule has 2 heterocycles. The summed E-state index contributed by atoms with van der Waals surface area (Å²) in [4.78, 5) is 5.18. The number of sulfonamides is 1. The van der Waals surface area contributed by atoms with Crippen LogP contribution in [0.2, 0.25) is 5.02 Å². The van der Waals surface area contributed by atoms with Crippen molar-refractivity contribution in [1.29, 1.82) is 0 Å². The lowest BCUT2D eigenvalue weighted by Crippen LogP contribution is -2.22. The Balaban J connectivity index is 1.72. The molecule has 0 aliphatic rings. The lowest BCUT2D eigenvalue weighted by atomic mass is 10.2. The molecule has 0 saturated heterocycles. The molecule has 1 N–H and O–H groups in total. The fourth-order valence-electron chi connectivity index (χ4n) is 2.00. The summed E-state index contributed by atoms with van der Waals surface area (Å²) in [6.07, 6.45) is 0.797. The molecule has 9 heteroatoms. The number of benzene rings is 1. The first kappa shape index (κ1) is 17.1. The maximum atomic E-state index is 12.3. The molecule has 126 valence electrons. The van der Waals surface area contributed by atoms with Gasteiger partial charge in [0.25, 0.3) is 10.0 Å². The van der Waals surface area contributed by atoms with Gasteiger partial charge in [-0.15, -0.1) is 11.3 Å². The molecular formula is C15H14ClN3O3S2. The van der Waals surface area contributed by atoms with Gasteiger partial charge in [-0.1, -0.05) is 35.8 Å². The van der Waals surface area contributed by atoms with E-state index in [4.69, 9.17) is 16.1 Å². The van der Waals surface area contributed by atoms with Crippen LogP contribution in [-0.2, 0) is 23.0 Å². The topological polar surface area (TPSA) is 85.1 Å². The van der Waals surface area contributed by atoms with Gasteiger partial charge in [0, 0.05) is 10.4 Å². The van der Waals surface area contributed by atoms with Crippen molar-refractivity contribution < 1.29 is 12.9 Å². The zero-order valence-corrected chi connectivity index (χ0v) is 15.1. The lowest BCUT2D eigenvalue weighted by Gasteiger charge is -2.01. The third kappa shape index (κ3) is 3.67. The Hall–Kier alpha value is -1.74. The van der Waals surface area contributed by atoms with Crippen molar-refractivity contribution in [2.75, 3.05) is 0 Å². The number of hydrogen-bond acceptors (Lipinski definition) is 6. The van der Waals surface area contributed by atoms with Gasteiger partial charge in [0.15, 0.2) is 0 Å². The van der Waals surface area contributed by atoms with Crippen molar-refractivity contribution in [3.63, 3.8) is 0 Å². The van der Waals surface area contributed by atoms with Crippen LogP contribution in [-0.4, -0.2) is 18.6 Å². The molecule has 2 aromatic heterocycles. The summed E-state index contributed by atoms with van der Waals surface area (Å²) < 4.78 is 32.3. The van der Waals surface area contributed by atoms with Crippen LogP contribution in [0.5, 0.6) is 0 Å². The van der Waals surface area contributed by atoms with Gasteiger partial charge in [0.05, 0.1) is 11.6 Å². The molecule has 6 nitrogen and oxygen atoms in total. The first-order valence-electron chi connectivity index (χ1n) is 7.15. The quantitative estimate of drug-likeness (QED) is 0.704. The molecular weight excluding hydrogens is 370 g/mol. The molecule has 0 aliphatic heterocycles. The summed E-state index contributed by atoms with van der Waals surface area (Å²) >= 11 is 7.33. The van der Waals surface area contributed by atoms with E-state index in [1.54, 1.807) is 30.3 Å². The van der Waals surface area contributed by atoms with Gasteiger partial charge in [0.1, 0.15) is 4.21 Å². The number of nitrogens with zero attached hydrogens (tertiary/aromatic N) is 2. The monoisotopic (exact) mass is 383 g/mol. The van der Waals surface area contributed by atoms with Crippen LogP contribution in [0.25, 0.3) is 11.4 Å². The largest absolute Gasteiger partial charge is 0.338 e. The third-order valence-corrected chi connectivity index (χ3v) is 6.70. The van der Waals surface area contributed by atoms with Crippen LogP contribution < -0.4 is 4.72 Å². The minimum absolute atomic E-state index is 0.0842. The Morgan fingerprint density at radius 1 is 1.25 bits per heavy atom. The maximum absolute atomic E-state index is 12.3. The molecule has 0 unspecified atom stereocenters. The van der Waals surface area contributed by atoms with Crippen molar-refractivity contribution in [1.82, 2.24) is 14.9 Å². The van der Waals surface area contributed by atoms with E-state index < -0.39 is 10.0 Å². The Morgan fingerprint density at radius 3 is 2.75 bits per heavy atom. The first-order chi connectivity index (χ1) is 11.5. The Morgan fingerprint density at radius 2 is 2.04 bits per heavy atom. The van der Waals surface area contributed by atoms with Crippen LogP contribution in [0.15, 0.2) is 45.1 Å². The fourth-order valence-corrected chi connectivity index (χ4v) is 4.53. The standard InChI is InChI=1S/C15H14ClN3O3S2/c1-2-10-7-8-14(23-10)24(20,21)17-9-13-18-15(19-22-13)11-5-3-4-6-12(11)16/h3-8,17H,2,9H2,1H3. The summed E-state index contributed by atoms with van der Waals surface area (Å²) in [5, 5.41) is 4.33. The minimum Gasteiger partial charge on any atom is -0.338 e. The normalized spacial score (nSPS) is 11.8. The second-order valence-electron chi connectivity index (χ2n) is 4.89. The molecule has 0 fully saturated rings. The summed E-state index contributed by atoms with van der Waals surface area (Å²) in [6.45, 7) is 1.89. The molecule has 0 bridgehead atoms. The molecule has 0 amide bonds. The highest BCUT2D eigenvalue weighted by Gasteiger charge is 2.18. The number of thiophene rings is 1. The van der Waals surface area contributed by atoms with Crippen LogP contribution >= 0.6 is 22.9 Å². The number of nitrogens with one attached hydrogen (secondary N) is 1. The molecule has 0 aliphatic carbocycles. The van der Waals surface area contributed by atoms with Gasteiger partial charge in [-0.25, -0.2) is 13.1 Å². The molecule has 0 spiro atoms. The van der Waals surface area contributed by atoms with E-state index in [1.807, 2.05) is 13.0 Å². The Labute approximate surface area is 148 Å². The molecule has 1 aromatic carbocycles. The third-order valence-electron chi connectivity index (χ3n) is 3.25. The molecule has 24 heavy (non-hydrogen) atoms. The molecule has 0 radical (unpaired) electrons. The summed E-state index contributed by atoms with van der Waals surface area (Å²) in [7, 11) is -3.60. The highest BCUT2D eigenvalue weighted by molar-refractivity contribution is 7.91. The highest BCUT2D eigenvalue weighted by Crippen LogP contribution is 2.25. The number of rotatable bonds is 6. The van der Waals surface area contributed by atoms with Gasteiger partial charge in [-0.3, -0.25) is 0 Å². The zero-order valence-electron chi connectivity index (χ0n) is 12.7. The van der Waals surface area contributed by atoms with Crippen molar-refractivity contribution in [3.05, 3.63) is 52.2 Å². The average molecular weight is 384 g/mol. The van der Waals surface area contributed by atoms with Crippen LogP contribution in [0.1, 0.15) is 17.7 Å². The Bertz CT molecular complexity index is 950. The van der Waals surface area contributed by atoms with E-state index in [2.05, 4.69) is 14.9 Å². The maximum Gasteiger partial charge on any atom is 0.250 e. The van der Waals surface area contributed by atoms with Gasteiger partial charge in [-0.05, 0) is 30.7 Å². The number of aromatic nitrogens is 2. The SMILES string of the molecule is CCc1ccc(S(=O)(=O)NCc2nc(-c3ccccc3Cl)no2)s1. The lowest BCUT2D eigenvalue weighted by molar-refractivity contribution is 0.376. The number of hydrogen-bond donors (Lipinski definition) is 1. The summed E-state index contributed by atoms with van der Waals surface area (Å²) in [5.41, 5.74) is 0.628. The van der Waals surface area contributed by atoms with Crippen molar-refractivity contribution in [2.24, 2.45) is 0 Å². The number of aryl methyl sites for hydroxylation is 1. The predicted octanol–water partition coefficient (Wildman–Crippen LogP) is 3.49. The summed E-state index contributed by atoms with van der Waals surface area (Å²) in [5.74, 6) is 0.486. The molecule has 0 atom stereocenters. The van der Waals surface area contributed by atoms with Gasteiger partial charge in [0.2, 0.25) is 11.7 Å². The highest BCUT2D eigenvalue weighted by atomic mass is 35.5. The first-order valence-corrected chi connectivity index (χ1v) is 9.83. The molecule has 3 rings (SSSR count). The second kappa shape index (κ2) is 7.02. The molecule has 0 saturated carbocycles. The predicted molar refractivity (Wildman–Crippen MR) is 92.5 cm³/mol. The second-order valence-corrected chi connectivity index (χ2v) is 8.46. The van der Waals surface area contributed by atoms with E-state index >= 15 is 0 Å². The van der Waals surface area contributed by atoms with Crippen LogP contribution in [0.4, 0.5) is 0 Å². The van der Waals surface area contributed by atoms with E-state index in [9.17, 15) is 8.42 Å². The molecule has 3 aromatic rings. The van der Waals surface area contributed by atoms with E-state index in [1.165, 1.54) is 11.3 Å². The van der Waals surface area contributed by atoms with E-state index in [0.717, 1.165) is 11.3 Å². The van der Waals surface area contributed by atoms with Gasteiger partial charge >= 0.3 is 0 Å². The Kier molecular flexibility index (Phi) is 5.00. The van der Waals surface area contributed by atoms with Crippen LogP contribution in [0, 0.1) is 0 Å². The van der Waals surface area contributed by atoms with Crippen molar-refractivity contribution >= 4 is 33.0 Å². The van der Waals surface area contributed by atoms with Gasteiger partial charge < -0.3 is 4.52 Å². The average Bonchev–Trinajstić information content (AvgIpc) is 3.23. The number of halogens is 1. The summed E-state index contributed by atoms with van der Waals surface area (Å²) in [6, 6.07) is 10.5. The van der Waals surface area contributed by atoms with Gasteiger partial charge in [-0.2, -0.15) is 4.98 Å². The van der Waals surface area contributed by atoms with E-state index in [-0.39, 0.29) is 16.6 Å². The van der Waals surface area contributed by atoms with Crippen molar-refractivity contribution in [3.8, 4) is 11.4 Å². The zero-order chi connectivity index (χ0) is 17.2. The fraction of sp³-hybridized carbons (Fsp3) is 0.200.